The Hall–Kier alpha value is -1.88. The molecular formula is C23H31BrO4. The summed E-state index contributed by atoms with van der Waals surface area (Å²) < 4.78 is 10.8. The van der Waals surface area contributed by atoms with Gasteiger partial charge in [-0.3, -0.25) is 9.59 Å². The standard InChI is InChI=1S/C21H25BrO4.C2H6/c1-14(20(24)26-21(2,3)4)15-7-8-17-13-18(10-9-16(17)12-15)25-19(23)6-5-11-22;1-2/h7-10,12-14H,5-6,11H2,1-4H3;1-2H3. The Morgan fingerprint density at radius 2 is 1.64 bits per heavy atom. The lowest BCUT2D eigenvalue weighted by Gasteiger charge is -2.22. The number of fused-ring (bicyclic) bond motifs is 1. The topological polar surface area (TPSA) is 52.6 Å². The molecule has 0 saturated heterocycles. The van der Waals surface area contributed by atoms with E-state index in [0.717, 1.165) is 28.1 Å². The molecule has 0 aliphatic carbocycles. The van der Waals surface area contributed by atoms with Crippen molar-refractivity contribution < 1.29 is 19.1 Å². The predicted molar refractivity (Wildman–Crippen MR) is 118 cm³/mol. The van der Waals surface area contributed by atoms with Gasteiger partial charge >= 0.3 is 11.9 Å². The Labute approximate surface area is 176 Å². The van der Waals surface area contributed by atoms with Gasteiger partial charge in [0.2, 0.25) is 0 Å². The monoisotopic (exact) mass is 450 g/mol. The predicted octanol–water partition coefficient (Wildman–Crippen LogP) is 6.39. The molecule has 4 nitrogen and oxygen atoms in total. The summed E-state index contributed by atoms with van der Waals surface area (Å²) >= 11 is 3.30. The quantitative estimate of drug-likeness (QED) is 0.290. The van der Waals surface area contributed by atoms with Crippen LogP contribution in [0.2, 0.25) is 0 Å². The maximum absolute atomic E-state index is 12.3. The lowest BCUT2D eigenvalue weighted by molar-refractivity contribution is -0.156. The first-order valence-corrected chi connectivity index (χ1v) is 10.8. The van der Waals surface area contributed by atoms with Crippen LogP contribution in [-0.4, -0.2) is 22.9 Å². The van der Waals surface area contributed by atoms with Crippen molar-refractivity contribution in [3.8, 4) is 5.75 Å². The van der Waals surface area contributed by atoms with Crippen LogP contribution >= 0.6 is 15.9 Å². The maximum Gasteiger partial charge on any atom is 0.313 e. The molecule has 2 aromatic carbocycles. The Kier molecular flexibility index (Phi) is 9.66. The average Bonchev–Trinajstić information content (AvgIpc) is 2.65. The summed E-state index contributed by atoms with van der Waals surface area (Å²) in [5.41, 5.74) is 0.393. The van der Waals surface area contributed by atoms with Gasteiger partial charge < -0.3 is 9.47 Å². The van der Waals surface area contributed by atoms with E-state index in [1.165, 1.54) is 0 Å². The Morgan fingerprint density at radius 3 is 2.25 bits per heavy atom. The van der Waals surface area contributed by atoms with Crippen LogP contribution in [-0.2, 0) is 14.3 Å². The minimum Gasteiger partial charge on any atom is -0.460 e. The van der Waals surface area contributed by atoms with Crippen molar-refractivity contribution in [2.75, 3.05) is 5.33 Å². The summed E-state index contributed by atoms with van der Waals surface area (Å²) in [5.74, 6) is -0.293. The number of halogens is 1. The van der Waals surface area contributed by atoms with Gasteiger partial charge in [0.25, 0.3) is 0 Å². The maximum atomic E-state index is 12.3. The molecule has 28 heavy (non-hydrogen) atoms. The van der Waals surface area contributed by atoms with Crippen LogP contribution in [0.4, 0.5) is 0 Å². The van der Waals surface area contributed by atoms with Crippen molar-refractivity contribution in [3.05, 3.63) is 42.0 Å². The van der Waals surface area contributed by atoms with E-state index in [1.54, 1.807) is 6.07 Å². The summed E-state index contributed by atoms with van der Waals surface area (Å²) in [6, 6.07) is 11.3. The number of ether oxygens (including phenoxy) is 2. The summed E-state index contributed by atoms with van der Waals surface area (Å²) in [6.45, 7) is 11.4. The first-order valence-electron chi connectivity index (χ1n) is 9.73. The van der Waals surface area contributed by atoms with Crippen LogP contribution in [0.3, 0.4) is 0 Å². The van der Waals surface area contributed by atoms with Gasteiger partial charge in [-0.25, -0.2) is 0 Å². The second-order valence-corrected chi connectivity index (χ2v) is 8.08. The molecule has 0 N–H and O–H groups in total. The van der Waals surface area contributed by atoms with E-state index in [2.05, 4.69) is 15.9 Å². The number of benzene rings is 2. The van der Waals surface area contributed by atoms with Crippen LogP contribution < -0.4 is 4.74 Å². The fraction of sp³-hybridized carbons (Fsp3) is 0.478. The molecule has 0 aromatic heterocycles. The van der Waals surface area contributed by atoms with Crippen LogP contribution in [0.5, 0.6) is 5.75 Å². The molecule has 0 fully saturated rings. The zero-order valence-corrected chi connectivity index (χ0v) is 19.3. The number of hydrogen-bond donors (Lipinski definition) is 0. The number of hydrogen-bond acceptors (Lipinski definition) is 4. The molecule has 1 atom stereocenters. The molecule has 0 amide bonds. The molecule has 0 aliphatic heterocycles. The molecular weight excluding hydrogens is 420 g/mol. The third-order valence-electron chi connectivity index (χ3n) is 3.84. The molecule has 0 radical (unpaired) electrons. The van der Waals surface area contributed by atoms with E-state index in [4.69, 9.17) is 9.47 Å². The van der Waals surface area contributed by atoms with Gasteiger partial charge in [0, 0.05) is 11.8 Å². The van der Waals surface area contributed by atoms with Gasteiger partial charge in [-0.1, -0.05) is 54.0 Å². The molecule has 2 rings (SSSR count). The van der Waals surface area contributed by atoms with E-state index in [-0.39, 0.29) is 17.9 Å². The van der Waals surface area contributed by atoms with E-state index >= 15 is 0 Å². The van der Waals surface area contributed by atoms with Gasteiger partial charge in [0.15, 0.2) is 0 Å². The number of alkyl halides is 1. The fourth-order valence-electron chi connectivity index (χ4n) is 2.50. The first-order chi connectivity index (χ1) is 13.2. The van der Waals surface area contributed by atoms with Crippen LogP contribution in [0.1, 0.15) is 65.9 Å². The molecule has 2 aromatic rings. The largest absolute Gasteiger partial charge is 0.460 e. The van der Waals surface area contributed by atoms with E-state index in [9.17, 15) is 9.59 Å². The van der Waals surface area contributed by atoms with Crippen molar-refractivity contribution in [2.24, 2.45) is 0 Å². The summed E-state index contributed by atoms with van der Waals surface area (Å²) in [6.07, 6.45) is 1.13. The highest BCUT2D eigenvalue weighted by molar-refractivity contribution is 9.09. The Morgan fingerprint density at radius 1 is 1.04 bits per heavy atom. The van der Waals surface area contributed by atoms with Crippen LogP contribution in [0.25, 0.3) is 10.8 Å². The van der Waals surface area contributed by atoms with Crippen LogP contribution in [0, 0.1) is 0 Å². The zero-order valence-electron chi connectivity index (χ0n) is 17.7. The summed E-state index contributed by atoms with van der Waals surface area (Å²) in [5, 5.41) is 2.72. The smallest absolute Gasteiger partial charge is 0.313 e. The Bertz CT molecular complexity index is 793. The molecule has 154 valence electrons. The lowest BCUT2D eigenvalue weighted by Crippen LogP contribution is -2.26. The normalized spacial score (nSPS) is 12.0. The van der Waals surface area contributed by atoms with Crippen LogP contribution in [0.15, 0.2) is 36.4 Å². The van der Waals surface area contributed by atoms with Crippen molar-refractivity contribution in [1.82, 2.24) is 0 Å². The molecule has 0 saturated carbocycles. The summed E-state index contributed by atoms with van der Waals surface area (Å²) in [4.78, 5) is 24.0. The third kappa shape index (κ3) is 7.63. The van der Waals surface area contributed by atoms with E-state index in [0.29, 0.717) is 12.2 Å². The zero-order chi connectivity index (χ0) is 21.3. The molecule has 0 heterocycles. The van der Waals surface area contributed by atoms with E-state index in [1.807, 2.05) is 71.9 Å². The number of rotatable bonds is 6. The second kappa shape index (κ2) is 11.2. The molecule has 0 bridgehead atoms. The number of carbonyl (C=O) groups excluding carboxylic acids is 2. The average molecular weight is 451 g/mol. The van der Waals surface area contributed by atoms with Gasteiger partial charge in [-0.05, 0) is 62.6 Å². The minimum absolute atomic E-state index is 0.237. The molecule has 1 unspecified atom stereocenters. The van der Waals surface area contributed by atoms with Gasteiger partial charge in [-0.15, -0.1) is 0 Å². The minimum atomic E-state index is -0.504. The number of esters is 2. The number of carbonyl (C=O) groups is 2. The van der Waals surface area contributed by atoms with Crippen molar-refractivity contribution in [1.29, 1.82) is 0 Å². The van der Waals surface area contributed by atoms with E-state index < -0.39 is 5.60 Å². The highest BCUT2D eigenvalue weighted by Gasteiger charge is 2.23. The van der Waals surface area contributed by atoms with Crippen molar-refractivity contribution in [3.63, 3.8) is 0 Å². The lowest BCUT2D eigenvalue weighted by atomic mass is 9.97. The fourth-order valence-corrected chi connectivity index (χ4v) is 2.78. The third-order valence-corrected chi connectivity index (χ3v) is 4.40. The molecule has 5 heteroatoms. The van der Waals surface area contributed by atoms with Gasteiger partial charge in [0.05, 0.1) is 5.92 Å². The van der Waals surface area contributed by atoms with Crippen molar-refractivity contribution in [2.45, 2.75) is 65.9 Å². The highest BCUT2D eigenvalue weighted by Crippen LogP contribution is 2.27. The summed E-state index contributed by atoms with van der Waals surface area (Å²) in [7, 11) is 0. The van der Waals surface area contributed by atoms with Gasteiger partial charge in [-0.2, -0.15) is 0 Å². The highest BCUT2D eigenvalue weighted by atomic mass is 79.9. The van der Waals surface area contributed by atoms with Gasteiger partial charge in [0.1, 0.15) is 11.4 Å². The molecule has 0 aliphatic rings. The first kappa shape index (κ1) is 24.2. The second-order valence-electron chi connectivity index (χ2n) is 7.29. The Balaban J connectivity index is 0.00000190. The molecule has 0 spiro atoms. The SMILES string of the molecule is CC.CC(C(=O)OC(C)(C)C)c1ccc2cc(OC(=O)CCCBr)ccc2c1. The van der Waals surface area contributed by atoms with Crippen molar-refractivity contribution >= 4 is 38.6 Å².